The van der Waals surface area contributed by atoms with Crippen LogP contribution >= 0.6 is 22.9 Å². The van der Waals surface area contributed by atoms with Gasteiger partial charge in [-0.05, 0) is 30.3 Å². The number of fused-ring (bicyclic) bond motifs is 1. The predicted octanol–water partition coefficient (Wildman–Crippen LogP) is 4.53. The zero-order valence-corrected chi connectivity index (χ0v) is 12.0. The number of carboxylic acids is 1. The zero-order chi connectivity index (χ0) is 15.0. The molecule has 4 nitrogen and oxygen atoms in total. The standard InChI is InChI=1S/C14H8ClFN2O2S/c15-9-5-4-7(6-8(9)13(19)20)17-14-18-12-10(16)2-1-3-11(12)21-14/h1-6H,(H,17,18)(H,19,20). The number of carbonyl (C=O) groups is 1. The van der Waals surface area contributed by atoms with E-state index in [0.29, 0.717) is 15.5 Å². The van der Waals surface area contributed by atoms with Gasteiger partial charge in [-0.15, -0.1) is 0 Å². The average Bonchev–Trinajstić information content (AvgIpc) is 2.85. The number of benzene rings is 2. The van der Waals surface area contributed by atoms with Gasteiger partial charge in [0.1, 0.15) is 11.3 Å². The number of anilines is 2. The van der Waals surface area contributed by atoms with Crippen LogP contribution in [0.3, 0.4) is 0 Å². The SMILES string of the molecule is O=C(O)c1cc(Nc2nc3c(F)cccc3s2)ccc1Cl. The Hall–Kier alpha value is -2.18. The van der Waals surface area contributed by atoms with Gasteiger partial charge in [-0.25, -0.2) is 14.2 Å². The topological polar surface area (TPSA) is 62.2 Å². The van der Waals surface area contributed by atoms with Crippen molar-refractivity contribution in [2.75, 3.05) is 5.32 Å². The van der Waals surface area contributed by atoms with Gasteiger partial charge in [0, 0.05) is 5.69 Å². The number of hydrogen-bond acceptors (Lipinski definition) is 4. The van der Waals surface area contributed by atoms with Crippen LogP contribution in [0.2, 0.25) is 5.02 Å². The van der Waals surface area contributed by atoms with Crippen LogP contribution < -0.4 is 5.32 Å². The van der Waals surface area contributed by atoms with E-state index in [-0.39, 0.29) is 21.9 Å². The van der Waals surface area contributed by atoms with Crippen molar-refractivity contribution >= 4 is 49.9 Å². The highest BCUT2D eigenvalue weighted by Crippen LogP contribution is 2.30. The molecule has 0 saturated carbocycles. The fourth-order valence-electron chi connectivity index (χ4n) is 1.86. The molecular weight excluding hydrogens is 315 g/mol. The van der Waals surface area contributed by atoms with E-state index in [2.05, 4.69) is 10.3 Å². The maximum Gasteiger partial charge on any atom is 0.337 e. The summed E-state index contributed by atoms with van der Waals surface area (Å²) in [4.78, 5) is 15.2. The minimum Gasteiger partial charge on any atom is -0.478 e. The van der Waals surface area contributed by atoms with Crippen LogP contribution in [-0.2, 0) is 0 Å². The second kappa shape index (κ2) is 5.31. The van der Waals surface area contributed by atoms with E-state index in [9.17, 15) is 9.18 Å². The number of nitrogens with one attached hydrogen (secondary N) is 1. The maximum atomic E-state index is 13.6. The number of rotatable bonds is 3. The molecule has 3 aromatic rings. The van der Waals surface area contributed by atoms with Crippen molar-refractivity contribution in [1.29, 1.82) is 0 Å². The van der Waals surface area contributed by atoms with Crippen molar-refractivity contribution in [2.24, 2.45) is 0 Å². The van der Waals surface area contributed by atoms with Gasteiger partial charge in [0.05, 0.1) is 15.3 Å². The Morgan fingerprint density at radius 1 is 1.33 bits per heavy atom. The summed E-state index contributed by atoms with van der Waals surface area (Å²) in [5, 5.41) is 12.6. The van der Waals surface area contributed by atoms with Crippen molar-refractivity contribution in [3.05, 3.63) is 52.8 Å². The summed E-state index contributed by atoms with van der Waals surface area (Å²) in [6, 6.07) is 9.26. The van der Waals surface area contributed by atoms with Crippen LogP contribution in [0.25, 0.3) is 10.2 Å². The molecule has 0 radical (unpaired) electrons. The van der Waals surface area contributed by atoms with Gasteiger partial charge in [0.2, 0.25) is 0 Å². The van der Waals surface area contributed by atoms with Gasteiger partial charge in [0.15, 0.2) is 5.13 Å². The molecule has 0 aliphatic heterocycles. The molecule has 1 heterocycles. The Balaban J connectivity index is 1.97. The van der Waals surface area contributed by atoms with E-state index in [1.165, 1.54) is 29.5 Å². The number of nitrogens with zero attached hydrogens (tertiary/aromatic N) is 1. The summed E-state index contributed by atoms with van der Waals surface area (Å²) in [6.45, 7) is 0. The molecule has 3 rings (SSSR count). The smallest absolute Gasteiger partial charge is 0.337 e. The Kier molecular flexibility index (Phi) is 3.48. The van der Waals surface area contributed by atoms with Crippen molar-refractivity contribution in [2.45, 2.75) is 0 Å². The summed E-state index contributed by atoms with van der Waals surface area (Å²) in [6.07, 6.45) is 0. The number of halogens is 2. The van der Waals surface area contributed by atoms with Crippen molar-refractivity contribution in [1.82, 2.24) is 4.98 Å². The Morgan fingerprint density at radius 2 is 2.14 bits per heavy atom. The molecule has 7 heteroatoms. The highest BCUT2D eigenvalue weighted by atomic mass is 35.5. The molecule has 106 valence electrons. The van der Waals surface area contributed by atoms with E-state index >= 15 is 0 Å². The van der Waals surface area contributed by atoms with E-state index < -0.39 is 5.97 Å². The largest absolute Gasteiger partial charge is 0.478 e. The predicted molar refractivity (Wildman–Crippen MR) is 81.3 cm³/mol. The molecule has 0 bridgehead atoms. The Morgan fingerprint density at radius 3 is 2.86 bits per heavy atom. The van der Waals surface area contributed by atoms with E-state index in [1.54, 1.807) is 18.2 Å². The molecule has 0 fully saturated rings. The monoisotopic (exact) mass is 322 g/mol. The van der Waals surface area contributed by atoms with Crippen molar-refractivity contribution in [3.8, 4) is 0 Å². The molecular formula is C14H8ClFN2O2S. The molecule has 0 amide bonds. The van der Waals surface area contributed by atoms with Crippen molar-refractivity contribution in [3.63, 3.8) is 0 Å². The molecule has 0 aliphatic carbocycles. The van der Waals surface area contributed by atoms with Crippen LogP contribution in [0, 0.1) is 5.82 Å². The number of thiazole rings is 1. The molecule has 0 aliphatic rings. The molecule has 0 spiro atoms. The number of hydrogen-bond donors (Lipinski definition) is 2. The average molecular weight is 323 g/mol. The van der Waals surface area contributed by atoms with Crippen LogP contribution in [0.4, 0.5) is 15.2 Å². The summed E-state index contributed by atoms with van der Waals surface area (Å²) in [5.74, 6) is -1.50. The van der Waals surface area contributed by atoms with Gasteiger partial charge < -0.3 is 10.4 Å². The molecule has 0 unspecified atom stereocenters. The third kappa shape index (κ3) is 2.68. The first-order valence-electron chi connectivity index (χ1n) is 5.89. The molecule has 0 atom stereocenters. The quantitative estimate of drug-likeness (QED) is 0.743. The lowest BCUT2D eigenvalue weighted by Crippen LogP contribution is -1.99. The van der Waals surface area contributed by atoms with E-state index in [1.807, 2.05) is 0 Å². The lowest BCUT2D eigenvalue weighted by atomic mass is 10.2. The van der Waals surface area contributed by atoms with Crippen LogP contribution in [0.1, 0.15) is 10.4 Å². The Bertz CT molecular complexity index is 850. The number of para-hydroxylation sites is 1. The van der Waals surface area contributed by atoms with Gasteiger partial charge >= 0.3 is 5.97 Å². The van der Waals surface area contributed by atoms with Crippen LogP contribution in [0.15, 0.2) is 36.4 Å². The fraction of sp³-hybridized carbons (Fsp3) is 0. The molecule has 2 N–H and O–H groups in total. The lowest BCUT2D eigenvalue weighted by Gasteiger charge is -2.05. The van der Waals surface area contributed by atoms with E-state index in [4.69, 9.17) is 16.7 Å². The van der Waals surface area contributed by atoms with Gasteiger partial charge in [-0.2, -0.15) is 0 Å². The second-order valence-electron chi connectivity index (χ2n) is 4.23. The minimum absolute atomic E-state index is 0.00559. The summed E-state index contributed by atoms with van der Waals surface area (Å²) in [5.41, 5.74) is 0.808. The van der Waals surface area contributed by atoms with Gasteiger partial charge in [-0.1, -0.05) is 29.0 Å². The second-order valence-corrected chi connectivity index (χ2v) is 5.67. The highest BCUT2D eigenvalue weighted by Gasteiger charge is 2.11. The Labute approximate surface area is 127 Å². The number of carboxylic acid groups (broad SMARTS) is 1. The zero-order valence-electron chi connectivity index (χ0n) is 10.4. The third-order valence-corrected chi connectivity index (χ3v) is 4.08. The van der Waals surface area contributed by atoms with Crippen molar-refractivity contribution < 1.29 is 14.3 Å². The summed E-state index contributed by atoms with van der Waals surface area (Å²) >= 11 is 7.09. The maximum absolute atomic E-state index is 13.6. The summed E-state index contributed by atoms with van der Waals surface area (Å²) in [7, 11) is 0. The lowest BCUT2D eigenvalue weighted by molar-refractivity contribution is 0.0697. The van der Waals surface area contributed by atoms with Gasteiger partial charge in [0.25, 0.3) is 0 Å². The fourth-order valence-corrected chi connectivity index (χ4v) is 2.96. The highest BCUT2D eigenvalue weighted by molar-refractivity contribution is 7.22. The first-order valence-corrected chi connectivity index (χ1v) is 7.09. The number of aromatic nitrogens is 1. The molecule has 0 saturated heterocycles. The van der Waals surface area contributed by atoms with Gasteiger partial charge in [-0.3, -0.25) is 0 Å². The number of aromatic carboxylic acids is 1. The molecule has 2 aromatic carbocycles. The minimum atomic E-state index is -1.11. The normalized spacial score (nSPS) is 10.8. The molecule has 1 aromatic heterocycles. The first-order chi connectivity index (χ1) is 10.0. The first kappa shape index (κ1) is 13.8. The van der Waals surface area contributed by atoms with Crippen LogP contribution in [0.5, 0.6) is 0 Å². The molecule has 21 heavy (non-hydrogen) atoms. The third-order valence-electron chi connectivity index (χ3n) is 2.82. The van der Waals surface area contributed by atoms with Crippen LogP contribution in [-0.4, -0.2) is 16.1 Å². The summed E-state index contributed by atoms with van der Waals surface area (Å²) < 4.78 is 14.3. The van der Waals surface area contributed by atoms with E-state index in [0.717, 1.165) is 0 Å².